The summed E-state index contributed by atoms with van der Waals surface area (Å²) in [5.74, 6) is 0.508. The molecule has 4 heterocycles. The van der Waals surface area contributed by atoms with Crippen molar-refractivity contribution in [2.45, 2.75) is 45.6 Å². The Morgan fingerprint density at radius 2 is 1.89 bits per heavy atom. The van der Waals surface area contributed by atoms with E-state index in [0.717, 1.165) is 46.9 Å². The number of fused-ring (bicyclic) bond motifs is 2. The maximum Gasteiger partial charge on any atom is 0.151 e. The number of benzene rings is 2. The molecule has 1 saturated heterocycles. The summed E-state index contributed by atoms with van der Waals surface area (Å²) in [7, 11) is 0. The minimum absolute atomic E-state index is 0.508. The Morgan fingerprint density at radius 3 is 2.75 bits per heavy atom. The van der Waals surface area contributed by atoms with Crippen LogP contribution in [0.25, 0.3) is 27.5 Å². The highest BCUT2D eigenvalue weighted by molar-refractivity contribution is 5.92. The summed E-state index contributed by atoms with van der Waals surface area (Å²) >= 11 is 0. The van der Waals surface area contributed by atoms with E-state index in [4.69, 9.17) is 10.8 Å². The largest absolute Gasteiger partial charge is 0.382 e. The molecule has 0 saturated carbocycles. The van der Waals surface area contributed by atoms with Crippen LogP contribution in [0.3, 0.4) is 0 Å². The standard InChI is InChI=1S/C29H33N7/c1-21-7-6-8-22(15-21)18-35-19-24-11-10-23(16-27(24)33-35)26-17-25(36-28(26)29(30)31-20-32-36)9-2-3-12-34-13-4-5-14-34/h6-8,10-11,15-17,19-20H,2-5,9,12-14,18H2,1H3,(H2,30,31,32). The van der Waals surface area contributed by atoms with Gasteiger partial charge in [0, 0.05) is 22.8 Å². The molecule has 0 amide bonds. The number of nitrogens with two attached hydrogens (primary N) is 1. The van der Waals surface area contributed by atoms with E-state index in [-0.39, 0.29) is 0 Å². The van der Waals surface area contributed by atoms with Crippen molar-refractivity contribution in [3.8, 4) is 11.1 Å². The highest BCUT2D eigenvalue weighted by Gasteiger charge is 2.17. The maximum atomic E-state index is 6.36. The second-order valence-corrected chi connectivity index (χ2v) is 10.1. The summed E-state index contributed by atoms with van der Waals surface area (Å²) in [5.41, 5.74) is 14.1. The molecule has 0 bridgehead atoms. The van der Waals surface area contributed by atoms with Crippen molar-refractivity contribution in [2.75, 3.05) is 25.4 Å². The van der Waals surface area contributed by atoms with Gasteiger partial charge in [-0.15, -0.1) is 0 Å². The highest BCUT2D eigenvalue weighted by Crippen LogP contribution is 2.32. The Bertz CT molecular complexity index is 1510. The van der Waals surface area contributed by atoms with Gasteiger partial charge in [-0.3, -0.25) is 4.68 Å². The van der Waals surface area contributed by atoms with Crippen molar-refractivity contribution in [2.24, 2.45) is 0 Å². The van der Waals surface area contributed by atoms with Crippen LogP contribution in [0.2, 0.25) is 0 Å². The molecule has 1 aliphatic rings. The summed E-state index contributed by atoms with van der Waals surface area (Å²) in [6.45, 7) is 6.57. The molecular weight excluding hydrogens is 446 g/mol. The third-order valence-electron chi connectivity index (χ3n) is 7.31. The average Bonchev–Trinajstić information content (AvgIpc) is 3.60. The van der Waals surface area contributed by atoms with Gasteiger partial charge in [0.1, 0.15) is 11.8 Å². The molecule has 2 N–H and O–H groups in total. The lowest BCUT2D eigenvalue weighted by atomic mass is 10.0. The molecule has 1 fully saturated rings. The fraction of sp³-hybridized carbons (Fsp3) is 0.345. The topological polar surface area (TPSA) is 77.3 Å². The molecule has 0 radical (unpaired) electrons. The molecule has 7 heteroatoms. The number of likely N-dealkylation sites (tertiary alicyclic amines) is 1. The molecule has 2 aromatic carbocycles. The van der Waals surface area contributed by atoms with Crippen LogP contribution in [0.15, 0.2) is 61.1 Å². The van der Waals surface area contributed by atoms with E-state index in [1.807, 2.05) is 9.20 Å². The summed E-state index contributed by atoms with van der Waals surface area (Å²) in [6, 6.07) is 17.3. The van der Waals surface area contributed by atoms with E-state index in [0.29, 0.717) is 5.82 Å². The summed E-state index contributed by atoms with van der Waals surface area (Å²) in [5, 5.41) is 10.6. The number of nitrogen functional groups attached to an aromatic ring is 1. The minimum atomic E-state index is 0.508. The number of anilines is 1. The van der Waals surface area contributed by atoms with Gasteiger partial charge < -0.3 is 10.6 Å². The second kappa shape index (κ2) is 9.74. The molecule has 0 unspecified atom stereocenters. The molecule has 7 nitrogen and oxygen atoms in total. The molecule has 0 aliphatic carbocycles. The van der Waals surface area contributed by atoms with Crippen LogP contribution in [-0.4, -0.2) is 48.9 Å². The number of rotatable bonds is 8. The number of aromatic nitrogens is 5. The lowest BCUT2D eigenvalue weighted by Crippen LogP contribution is -2.20. The fourth-order valence-corrected chi connectivity index (χ4v) is 5.49. The molecule has 1 aliphatic heterocycles. The van der Waals surface area contributed by atoms with Crippen LogP contribution >= 0.6 is 0 Å². The Balaban J connectivity index is 1.27. The second-order valence-electron chi connectivity index (χ2n) is 10.1. The number of unbranched alkanes of at least 4 members (excludes halogenated alkanes) is 1. The Kier molecular flexibility index (Phi) is 6.15. The Hall–Kier alpha value is -3.71. The smallest absolute Gasteiger partial charge is 0.151 e. The number of hydrogen-bond acceptors (Lipinski definition) is 5. The molecule has 0 spiro atoms. The molecule has 184 valence electrons. The first-order valence-corrected chi connectivity index (χ1v) is 13.0. The zero-order chi connectivity index (χ0) is 24.5. The summed E-state index contributed by atoms with van der Waals surface area (Å²) < 4.78 is 4.00. The van der Waals surface area contributed by atoms with Gasteiger partial charge in [0.15, 0.2) is 5.82 Å². The first-order chi connectivity index (χ1) is 17.6. The van der Waals surface area contributed by atoms with Crippen molar-refractivity contribution in [3.63, 3.8) is 0 Å². The third kappa shape index (κ3) is 4.58. The third-order valence-corrected chi connectivity index (χ3v) is 7.31. The average molecular weight is 480 g/mol. The van der Waals surface area contributed by atoms with E-state index in [1.54, 1.807) is 6.33 Å². The van der Waals surface area contributed by atoms with E-state index in [9.17, 15) is 0 Å². The van der Waals surface area contributed by atoms with Crippen LogP contribution in [0.1, 0.15) is 42.5 Å². The summed E-state index contributed by atoms with van der Waals surface area (Å²) in [4.78, 5) is 6.87. The van der Waals surface area contributed by atoms with E-state index >= 15 is 0 Å². The van der Waals surface area contributed by atoms with Crippen molar-refractivity contribution < 1.29 is 0 Å². The number of nitrogens with zero attached hydrogens (tertiary/aromatic N) is 6. The number of aryl methyl sites for hydroxylation is 2. The lowest BCUT2D eigenvalue weighted by Gasteiger charge is -2.13. The van der Waals surface area contributed by atoms with Crippen LogP contribution in [0, 0.1) is 6.92 Å². The fourth-order valence-electron chi connectivity index (χ4n) is 5.49. The van der Waals surface area contributed by atoms with E-state index in [2.05, 4.69) is 76.6 Å². The molecule has 5 aromatic rings. The maximum absolute atomic E-state index is 6.36. The van der Waals surface area contributed by atoms with Crippen LogP contribution in [0.5, 0.6) is 0 Å². The molecule has 6 rings (SSSR count). The minimum Gasteiger partial charge on any atom is -0.382 e. The van der Waals surface area contributed by atoms with E-state index < -0.39 is 0 Å². The first kappa shape index (κ1) is 22.7. The lowest BCUT2D eigenvalue weighted by molar-refractivity contribution is 0.330. The predicted octanol–water partition coefficient (Wildman–Crippen LogP) is 5.10. The zero-order valence-electron chi connectivity index (χ0n) is 20.9. The van der Waals surface area contributed by atoms with Crippen molar-refractivity contribution in [3.05, 3.63) is 77.9 Å². The number of hydrogen-bond donors (Lipinski definition) is 1. The first-order valence-electron chi connectivity index (χ1n) is 13.0. The van der Waals surface area contributed by atoms with Crippen molar-refractivity contribution >= 4 is 22.2 Å². The van der Waals surface area contributed by atoms with Gasteiger partial charge in [0.2, 0.25) is 0 Å². The zero-order valence-corrected chi connectivity index (χ0v) is 20.9. The monoisotopic (exact) mass is 479 g/mol. The van der Waals surface area contributed by atoms with E-state index in [1.165, 1.54) is 55.7 Å². The van der Waals surface area contributed by atoms with Crippen molar-refractivity contribution in [1.82, 2.24) is 29.3 Å². The molecular formula is C29H33N7. The Morgan fingerprint density at radius 1 is 1.00 bits per heavy atom. The Labute approximate surface area is 211 Å². The van der Waals surface area contributed by atoms with Crippen LogP contribution < -0.4 is 5.73 Å². The van der Waals surface area contributed by atoms with Gasteiger partial charge in [0.05, 0.1) is 12.1 Å². The van der Waals surface area contributed by atoms with Gasteiger partial charge in [0.25, 0.3) is 0 Å². The molecule has 0 atom stereocenters. The van der Waals surface area contributed by atoms with Gasteiger partial charge >= 0.3 is 0 Å². The highest BCUT2D eigenvalue weighted by atomic mass is 15.3. The van der Waals surface area contributed by atoms with Crippen molar-refractivity contribution in [1.29, 1.82) is 0 Å². The van der Waals surface area contributed by atoms with Gasteiger partial charge in [-0.2, -0.15) is 10.2 Å². The quantitative estimate of drug-likeness (QED) is 0.313. The SMILES string of the molecule is Cc1cccc(Cn2cc3ccc(-c4cc(CCCCN5CCCC5)n5ncnc(N)c45)cc3n2)c1. The summed E-state index contributed by atoms with van der Waals surface area (Å²) in [6.07, 6.45) is 9.66. The van der Waals surface area contributed by atoms with Crippen LogP contribution in [-0.2, 0) is 13.0 Å². The molecule has 3 aromatic heterocycles. The van der Waals surface area contributed by atoms with Gasteiger partial charge in [-0.05, 0) is 81.9 Å². The molecule has 36 heavy (non-hydrogen) atoms. The van der Waals surface area contributed by atoms with Gasteiger partial charge in [-0.1, -0.05) is 42.0 Å². The van der Waals surface area contributed by atoms with Gasteiger partial charge in [-0.25, -0.2) is 9.50 Å². The normalized spacial score (nSPS) is 14.4. The van der Waals surface area contributed by atoms with Crippen LogP contribution in [0.4, 0.5) is 5.82 Å². The predicted molar refractivity (Wildman–Crippen MR) is 145 cm³/mol.